The molecule has 0 aliphatic carbocycles. The Hall–Kier alpha value is -2.30. The molecule has 0 spiro atoms. The second kappa shape index (κ2) is 7.98. The molecule has 0 bridgehead atoms. The molecule has 1 unspecified atom stereocenters. The van der Waals surface area contributed by atoms with Crippen molar-refractivity contribution in [3.8, 4) is 0 Å². The molecule has 0 saturated heterocycles. The van der Waals surface area contributed by atoms with Crippen LogP contribution in [0.2, 0.25) is 10.0 Å². The molecule has 1 heterocycles. The zero-order valence-electron chi connectivity index (χ0n) is 15.9. The summed E-state index contributed by atoms with van der Waals surface area (Å²) < 4.78 is 0. The summed E-state index contributed by atoms with van der Waals surface area (Å²) >= 11 is 12.3. The fourth-order valence-electron chi connectivity index (χ4n) is 3.33. The number of hydrogen-bond donors (Lipinski definition) is 1. The number of rotatable bonds is 5. The number of aliphatic hydroxyl groups is 1. The van der Waals surface area contributed by atoms with Gasteiger partial charge in [-0.3, -0.25) is 14.5 Å². The minimum Gasteiger partial charge on any atom is -0.503 e. The van der Waals surface area contributed by atoms with Gasteiger partial charge in [0.15, 0.2) is 11.5 Å². The molecule has 3 rings (SSSR count). The van der Waals surface area contributed by atoms with E-state index in [0.717, 1.165) is 5.56 Å². The number of ketones is 1. The Labute approximate surface area is 174 Å². The van der Waals surface area contributed by atoms with Crippen LogP contribution in [0.4, 0.5) is 5.69 Å². The van der Waals surface area contributed by atoms with Crippen LogP contribution >= 0.6 is 23.2 Å². The molecule has 0 aromatic heterocycles. The van der Waals surface area contributed by atoms with Gasteiger partial charge in [0.2, 0.25) is 0 Å². The molecule has 1 aliphatic rings. The Morgan fingerprint density at radius 1 is 1.14 bits per heavy atom. The smallest absolute Gasteiger partial charge is 0.294 e. The zero-order chi connectivity index (χ0) is 20.6. The second-order valence-electron chi connectivity index (χ2n) is 7.35. The van der Waals surface area contributed by atoms with E-state index >= 15 is 0 Å². The lowest BCUT2D eigenvalue weighted by Crippen LogP contribution is -2.31. The number of hydrogen-bond acceptors (Lipinski definition) is 3. The molecular weight excluding hydrogens is 397 g/mol. The predicted molar refractivity (Wildman–Crippen MR) is 112 cm³/mol. The van der Waals surface area contributed by atoms with Crippen LogP contribution in [0.3, 0.4) is 0 Å². The number of aliphatic hydroxyl groups excluding tert-OH is 1. The average molecular weight is 418 g/mol. The van der Waals surface area contributed by atoms with E-state index in [9.17, 15) is 14.7 Å². The molecule has 28 heavy (non-hydrogen) atoms. The topological polar surface area (TPSA) is 57.6 Å². The van der Waals surface area contributed by atoms with Crippen LogP contribution in [0.15, 0.2) is 53.8 Å². The molecule has 4 nitrogen and oxygen atoms in total. The summed E-state index contributed by atoms with van der Waals surface area (Å²) in [5.74, 6) is -1.28. The third kappa shape index (κ3) is 3.80. The van der Waals surface area contributed by atoms with E-state index in [4.69, 9.17) is 23.2 Å². The SMILES string of the molecule is Cc1ccc(N2C(=O)C(O)=C(C(=O)CC(C)C)C2c2ccc(Cl)cc2)cc1Cl. The highest BCUT2D eigenvalue weighted by Crippen LogP contribution is 2.42. The summed E-state index contributed by atoms with van der Waals surface area (Å²) in [4.78, 5) is 27.3. The van der Waals surface area contributed by atoms with Crippen LogP contribution in [0.25, 0.3) is 0 Å². The maximum atomic E-state index is 12.9. The Bertz CT molecular complexity index is 964. The Balaban J connectivity index is 2.16. The molecule has 0 radical (unpaired) electrons. The number of carbonyl (C=O) groups excluding carboxylic acids is 2. The fourth-order valence-corrected chi connectivity index (χ4v) is 3.63. The number of nitrogens with zero attached hydrogens (tertiary/aromatic N) is 1. The van der Waals surface area contributed by atoms with Gasteiger partial charge >= 0.3 is 0 Å². The van der Waals surface area contributed by atoms with Crippen LogP contribution in [-0.4, -0.2) is 16.8 Å². The van der Waals surface area contributed by atoms with Crippen molar-refractivity contribution in [2.75, 3.05) is 4.90 Å². The van der Waals surface area contributed by atoms with Gasteiger partial charge in [0.25, 0.3) is 5.91 Å². The van der Waals surface area contributed by atoms with Crippen molar-refractivity contribution in [1.82, 2.24) is 0 Å². The summed E-state index contributed by atoms with van der Waals surface area (Å²) in [6.07, 6.45) is 0.235. The first-order valence-electron chi connectivity index (χ1n) is 9.02. The van der Waals surface area contributed by atoms with E-state index in [-0.39, 0.29) is 23.7 Å². The Morgan fingerprint density at radius 3 is 2.36 bits per heavy atom. The van der Waals surface area contributed by atoms with Crippen LogP contribution < -0.4 is 4.90 Å². The van der Waals surface area contributed by atoms with Crippen molar-refractivity contribution >= 4 is 40.6 Å². The minimum absolute atomic E-state index is 0.0941. The molecule has 146 valence electrons. The first kappa shape index (κ1) is 20.4. The van der Waals surface area contributed by atoms with Gasteiger partial charge in [0.05, 0.1) is 11.6 Å². The number of carbonyl (C=O) groups is 2. The molecule has 0 saturated carbocycles. The van der Waals surface area contributed by atoms with Gasteiger partial charge in [-0.15, -0.1) is 0 Å². The zero-order valence-corrected chi connectivity index (χ0v) is 17.4. The normalized spacial score (nSPS) is 17.0. The van der Waals surface area contributed by atoms with Gasteiger partial charge < -0.3 is 5.11 Å². The summed E-state index contributed by atoms with van der Waals surface area (Å²) in [6, 6.07) is 11.4. The maximum Gasteiger partial charge on any atom is 0.294 e. The van der Waals surface area contributed by atoms with Gasteiger partial charge in [-0.1, -0.05) is 55.2 Å². The third-order valence-corrected chi connectivity index (χ3v) is 5.38. The first-order chi connectivity index (χ1) is 13.2. The second-order valence-corrected chi connectivity index (χ2v) is 8.19. The summed E-state index contributed by atoms with van der Waals surface area (Å²) in [7, 11) is 0. The van der Waals surface area contributed by atoms with Crippen molar-refractivity contribution < 1.29 is 14.7 Å². The van der Waals surface area contributed by atoms with E-state index in [1.54, 1.807) is 42.5 Å². The van der Waals surface area contributed by atoms with E-state index in [1.165, 1.54) is 4.90 Å². The lowest BCUT2D eigenvalue weighted by Gasteiger charge is -2.27. The largest absolute Gasteiger partial charge is 0.503 e. The maximum absolute atomic E-state index is 12.9. The predicted octanol–water partition coefficient (Wildman–Crippen LogP) is 5.82. The van der Waals surface area contributed by atoms with Crippen molar-refractivity contribution in [3.05, 3.63) is 75.0 Å². The number of aryl methyl sites for hydroxylation is 1. The minimum atomic E-state index is -0.741. The Kier molecular flexibility index (Phi) is 5.82. The number of halogens is 2. The monoisotopic (exact) mass is 417 g/mol. The molecule has 1 atom stereocenters. The lowest BCUT2D eigenvalue weighted by molar-refractivity contribution is -0.118. The van der Waals surface area contributed by atoms with Crippen LogP contribution in [0.5, 0.6) is 0 Å². The standard InChI is InChI=1S/C22H21Cl2NO3/c1-12(2)10-18(26)19-20(14-5-7-15(23)8-6-14)25(22(28)21(19)27)16-9-4-13(3)17(24)11-16/h4-9,11-12,20,27H,10H2,1-3H3. The molecule has 1 N–H and O–H groups in total. The van der Waals surface area contributed by atoms with Crippen molar-refractivity contribution in [1.29, 1.82) is 0 Å². The number of benzene rings is 2. The first-order valence-corrected chi connectivity index (χ1v) is 9.77. The van der Waals surface area contributed by atoms with Crippen LogP contribution in [-0.2, 0) is 9.59 Å². The van der Waals surface area contributed by atoms with E-state index < -0.39 is 17.7 Å². The van der Waals surface area contributed by atoms with Crippen LogP contribution in [0.1, 0.15) is 37.4 Å². The number of amides is 1. The fraction of sp³-hybridized carbons (Fsp3) is 0.273. The highest BCUT2D eigenvalue weighted by Gasteiger charge is 2.44. The molecule has 6 heteroatoms. The molecule has 1 aliphatic heterocycles. The van der Waals surface area contributed by atoms with Gasteiger partial charge in [-0.05, 0) is 48.2 Å². The Morgan fingerprint density at radius 2 is 1.79 bits per heavy atom. The van der Waals surface area contributed by atoms with Gasteiger partial charge in [-0.25, -0.2) is 0 Å². The molecule has 2 aromatic carbocycles. The number of Topliss-reactive ketones (excluding diaryl/α,β-unsaturated/α-hetero) is 1. The number of anilines is 1. The van der Waals surface area contributed by atoms with Gasteiger partial charge in [0.1, 0.15) is 0 Å². The molecular formula is C22H21Cl2NO3. The van der Waals surface area contributed by atoms with Crippen molar-refractivity contribution in [2.24, 2.45) is 5.92 Å². The third-order valence-electron chi connectivity index (χ3n) is 4.72. The van der Waals surface area contributed by atoms with Crippen molar-refractivity contribution in [2.45, 2.75) is 33.2 Å². The van der Waals surface area contributed by atoms with Gasteiger partial charge in [-0.2, -0.15) is 0 Å². The van der Waals surface area contributed by atoms with Gasteiger partial charge in [0, 0.05) is 22.2 Å². The quantitative estimate of drug-likeness (QED) is 0.666. The van der Waals surface area contributed by atoms with E-state index in [0.29, 0.717) is 21.3 Å². The average Bonchev–Trinajstić information content (AvgIpc) is 2.89. The van der Waals surface area contributed by atoms with Crippen molar-refractivity contribution in [3.63, 3.8) is 0 Å². The van der Waals surface area contributed by atoms with Crippen LogP contribution in [0, 0.1) is 12.8 Å². The van der Waals surface area contributed by atoms with E-state index in [1.807, 2.05) is 20.8 Å². The lowest BCUT2D eigenvalue weighted by atomic mass is 9.92. The molecule has 0 fully saturated rings. The highest BCUT2D eigenvalue weighted by molar-refractivity contribution is 6.32. The summed E-state index contributed by atoms with van der Waals surface area (Å²) in [5.41, 5.74) is 2.18. The van der Waals surface area contributed by atoms with E-state index in [2.05, 4.69) is 0 Å². The highest BCUT2D eigenvalue weighted by atomic mass is 35.5. The molecule has 1 amide bonds. The summed E-state index contributed by atoms with van der Waals surface area (Å²) in [6.45, 7) is 5.70. The summed E-state index contributed by atoms with van der Waals surface area (Å²) in [5, 5.41) is 11.6. The molecule has 2 aromatic rings.